The summed E-state index contributed by atoms with van der Waals surface area (Å²) >= 11 is 0. The minimum Gasteiger partial charge on any atom is -0.444 e. The molecule has 1 amide bonds. The third-order valence-electron chi connectivity index (χ3n) is 3.56. The first-order chi connectivity index (χ1) is 11.9. The van der Waals surface area contributed by atoms with Crippen molar-refractivity contribution in [1.29, 1.82) is 0 Å². The molecule has 0 saturated heterocycles. The molecule has 0 spiro atoms. The van der Waals surface area contributed by atoms with Crippen LogP contribution in [-0.2, 0) is 17.8 Å². The fraction of sp³-hybridized carbons (Fsp3) is 0.316. The maximum Gasteiger partial charge on any atom is 0.408 e. The monoisotopic (exact) mass is 338 g/mol. The summed E-state index contributed by atoms with van der Waals surface area (Å²) in [6.45, 7) is 6.42. The molecule has 6 nitrogen and oxygen atoms in total. The van der Waals surface area contributed by atoms with Gasteiger partial charge in [0.15, 0.2) is 5.65 Å². The number of hydrogen-bond acceptors (Lipinski definition) is 4. The molecular formula is C19H22N4O2. The van der Waals surface area contributed by atoms with Crippen LogP contribution in [0.5, 0.6) is 0 Å². The van der Waals surface area contributed by atoms with E-state index in [4.69, 9.17) is 4.74 Å². The van der Waals surface area contributed by atoms with E-state index in [9.17, 15) is 4.79 Å². The molecule has 0 saturated carbocycles. The number of fused-ring (bicyclic) bond motifs is 1. The van der Waals surface area contributed by atoms with Crippen molar-refractivity contribution in [3.05, 3.63) is 60.0 Å². The van der Waals surface area contributed by atoms with Crippen LogP contribution in [0.1, 0.15) is 32.2 Å². The highest BCUT2D eigenvalue weighted by molar-refractivity contribution is 5.72. The quantitative estimate of drug-likeness (QED) is 0.790. The first-order valence-corrected chi connectivity index (χ1v) is 8.23. The maximum absolute atomic E-state index is 11.9. The van der Waals surface area contributed by atoms with Gasteiger partial charge in [0.05, 0.1) is 13.1 Å². The van der Waals surface area contributed by atoms with Gasteiger partial charge >= 0.3 is 6.09 Å². The van der Waals surface area contributed by atoms with Crippen LogP contribution >= 0.6 is 0 Å². The third-order valence-corrected chi connectivity index (χ3v) is 3.56. The Morgan fingerprint density at radius 2 is 1.92 bits per heavy atom. The summed E-state index contributed by atoms with van der Waals surface area (Å²) in [5, 5.41) is 2.77. The summed E-state index contributed by atoms with van der Waals surface area (Å²) in [6, 6.07) is 13.9. The molecule has 1 N–H and O–H groups in total. The van der Waals surface area contributed by atoms with E-state index >= 15 is 0 Å². The van der Waals surface area contributed by atoms with Crippen LogP contribution in [0.3, 0.4) is 0 Å². The van der Waals surface area contributed by atoms with Gasteiger partial charge in [0.2, 0.25) is 0 Å². The van der Waals surface area contributed by atoms with Crippen molar-refractivity contribution in [3.8, 4) is 0 Å². The number of ether oxygens (including phenoxy) is 1. The molecule has 0 radical (unpaired) electrons. The van der Waals surface area contributed by atoms with Crippen LogP contribution in [-0.4, -0.2) is 26.2 Å². The lowest BCUT2D eigenvalue weighted by atomic mass is 10.2. The number of alkyl carbamates (subject to hydrolysis) is 1. The summed E-state index contributed by atoms with van der Waals surface area (Å²) < 4.78 is 7.30. The average molecular weight is 338 g/mol. The van der Waals surface area contributed by atoms with Gasteiger partial charge in [0.25, 0.3) is 0 Å². The summed E-state index contributed by atoms with van der Waals surface area (Å²) in [6.07, 6.45) is 1.29. The molecule has 1 aromatic carbocycles. The SMILES string of the molecule is CC(C)(C)OC(=O)NCc1nc2cccnc2n1Cc1ccccc1. The number of carbonyl (C=O) groups excluding carboxylic acids is 1. The standard InChI is InChI=1S/C19H22N4O2/c1-19(2,3)25-18(24)21-12-16-22-15-10-7-11-20-17(15)23(16)13-14-8-5-4-6-9-14/h4-11H,12-13H2,1-3H3,(H,21,24). The molecule has 0 fully saturated rings. The molecule has 3 rings (SSSR count). The van der Waals surface area contributed by atoms with E-state index in [1.807, 2.05) is 55.7 Å². The van der Waals surface area contributed by atoms with Crippen molar-refractivity contribution in [1.82, 2.24) is 19.9 Å². The number of pyridine rings is 1. The average Bonchev–Trinajstić information content (AvgIpc) is 2.90. The summed E-state index contributed by atoms with van der Waals surface area (Å²) in [7, 11) is 0. The number of rotatable bonds is 4. The molecule has 0 aliphatic heterocycles. The first kappa shape index (κ1) is 17.0. The summed E-state index contributed by atoms with van der Waals surface area (Å²) in [5.74, 6) is 0.739. The Morgan fingerprint density at radius 1 is 1.16 bits per heavy atom. The molecule has 0 atom stereocenters. The van der Waals surface area contributed by atoms with E-state index in [0.29, 0.717) is 6.54 Å². The fourth-order valence-corrected chi connectivity index (χ4v) is 2.54. The summed E-state index contributed by atoms with van der Waals surface area (Å²) in [4.78, 5) is 21.0. The van der Waals surface area contributed by atoms with Crippen LogP contribution in [0.25, 0.3) is 11.2 Å². The van der Waals surface area contributed by atoms with E-state index in [1.165, 1.54) is 0 Å². The number of nitrogens with one attached hydrogen (secondary N) is 1. The Morgan fingerprint density at radius 3 is 2.64 bits per heavy atom. The van der Waals surface area contributed by atoms with Gasteiger partial charge in [0, 0.05) is 6.20 Å². The molecule has 3 aromatic rings. The van der Waals surface area contributed by atoms with Crippen LogP contribution < -0.4 is 5.32 Å². The highest BCUT2D eigenvalue weighted by Crippen LogP contribution is 2.16. The zero-order chi connectivity index (χ0) is 17.9. The molecule has 0 unspecified atom stereocenters. The Labute approximate surface area is 146 Å². The van der Waals surface area contributed by atoms with E-state index in [0.717, 1.165) is 22.6 Å². The van der Waals surface area contributed by atoms with Crippen molar-refractivity contribution in [2.45, 2.75) is 39.5 Å². The van der Waals surface area contributed by atoms with Crippen LogP contribution in [0, 0.1) is 0 Å². The van der Waals surface area contributed by atoms with Crippen molar-refractivity contribution < 1.29 is 9.53 Å². The van der Waals surface area contributed by atoms with Crippen molar-refractivity contribution in [2.24, 2.45) is 0 Å². The first-order valence-electron chi connectivity index (χ1n) is 8.23. The second kappa shape index (κ2) is 6.93. The van der Waals surface area contributed by atoms with E-state index < -0.39 is 11.7 Å². The van der Waals surface area contributed by atoms with E-state index in [1.54, 1.807) is 6.20 Å². The lowest BCUT2D eigenvalue weighted by Crippen LogP contribution is -2.32. The van der Waals surface area contributed by atoms with Crippen molar-refractivity contribution >= 4 is 17.3 Å². The van der Waals surface area contributed by atoms with Gasteiger partial charge < -0.3 is 14.6 Å². The van der Waals surface area contributed by atoms with Gasteiger partial charge in [0.1, 0.15) is 16.9 Å². The number of imidazole rings is 1. The second-order valence-corrected chi connectivity index (χ2v) is 6.80. The molecule has 6 heteroatoms. The summed E-state index contributed by atoms with van der Waals surface area (Å²) in [5.41, 5.74) is 2.22. The van der Waals surface area contributed by atoms with Gasteiger partial charge in [-0.3, -0.25) is 0 Å². The number of benzene rings is 1. The van der Waals surface area contributed by atoms with E-state index in [2.05, 4.69) is 27.4 Å². The minimum atomic E-state index is -0.532. The number of carbonyl (C=O) groups is 1. The lowest BCUT2D eigenvalue weighted by molar-refractivity contribution is 0.0522. The van der Waals surface area contributed by atoms with Gasteiger partial charge in [-0.25, -0.2) is 14.8 Å². The highest BCUT2D eigenvalue weighted by atomic mass is 16.6. The van der Waals surface area contributed by atoms with Gasteiger partial charge in [-0.15, -0.1) is 0 Å². The zero-order valence-corrected chi connectivity index (χ0v) is 14.7. The van der Waals surface area contributed by atoms with Gasteiger partial charge in [-0.05, 0) is 38.5 Å². The van der Waals surface area contributed by atoms with E-state index in [-0.39, 0.29) is 6.54 Å². The van der Waals surface area contributed by atoms with Crippen LogP contribution in [0.4, 0.5) is 4.79 Å². The molecule has 25 heavy (non-hydrogen) atoms. The topological polar surface area (TPSA) is 69.0 Å². The molecule has 0 aliphatic rings. The van der Waals surface area contributed by atoms with Crippen LogP contribution in [0.15, 0.2) is 48.7 Å². The number of aromatic nitrogens is 3. The van der Waals surface area contributed by atoms with Gasteiger partial charge in [-0.2, -0.15) is 0 Å². The maximum atomic E-state index is 11.9. The predicted molar refractivity (Wildman–Crippen MR) is 96.1 cm³/mol. The smallest absolute Gasteiger partial charge is 0.408 e. The molecular weight excluding hydrogens is 316 g/mol. The molecule has 2 heterocycles. The Bertz CT molecular complexity index is 866. The molecule has 2 aromatic heterocycles. The minimum absolute atomic E-state index is 0.276. The van der Waals surface area contributed by atoms with Crippen molar-refractivity contribution in [3.63, 3.8) is 0 Å². The predicted octanol–water partition coefficient (Wildman–Crippen LogP) is 3.50. The third kappa shape index (κ3) is 4.35. The van der Waals surface area contributed by atoms with Gasteiger partial charge in [-0.1, -0.05) is 30.3 Å². The Kier molecular flexibility index (Phi) is 4.70. The number of nitrogens with zero attached hydrogens (tertiary/aromatic N) is 3. The van der Waals surface area contributed by atoms with Crippen LogP contribution in [0.2, 0.25) is 0 Å². The zero-order valence-electron chi connectivity index (χ0n) is 14.7. The number of hydrogen-bond donors (Lipinski definition) is 1. The number of amides is 1. The Balaban J connectivity index is 1.84. The normalized spacial score (nSPS) is 11.5. The lowest BCUT2D eigenvalue weighted by Gasteiger charge is -2.19. The fourth-order valence-electron chi connectivity index (χ4n) is 2.54. The Hall–Kier alpha value is -2.89. The molecule has 0 bridgehead atoms. The molecule has 130 valence electrons. The second-order valence-electron chi connectivity index (χ2n) is 6.80. The van der Waals surface area contributed by atoms with Crippen molar-refractivity contribution in [2.75, 3.05) is 0 Å². The largest absolute Gasteiger partial charge is 0.444 e. The highest BCUT2D eigenvalue weighted by Gasteiger charge is 2.17. The molecule has 0 aliphatic carbocycles.